The number of hydroxylamine groups is 1. The van der Waals surface area contributed by atoms with Crippen molar-refractivity contribution in [2.75, 3.05) is 20.8 Å². The van der Waals surface area contributed by atoms with E-state index in [0.717, 1.165) is 19.3 Å². The van der Waals surface area contributed by atoms with Crippen molar-refractivity contribution in [1.82, 2.24) is 10.8 Å². The largest absolute Gasteiger partial charge is 0.383 e. The molecule has 0 aromatic rings. The maximum absolute atomic E-state index is 11.1. The summed E-state index contributed by atoms with van der Waals surface area (Å²) in [7, 11) is 3.02. The van der Waals surface area contributed by atoms with Crippen LogP contribution >= 0.6 is 0 Å². The molecular weight excluding hydrogens is 184 g/mol. The van der Waals surface area contributed by atoms with Crippen molar-refractivity contribution in [2.45, 2.75) is 32.2 Å². The first-order valence-corrected chi connectivity index (χ1v) is 4.83. The van der Waals surface area contributed by atoms with Crippen molar-refractivity contribution in [3.63, 3.8) is 0 Å². The third kappa shape index (κ3) is 6.68. The van der Waals surface area contributed by atoms with Crippen LogP contribution in [-0.4, -0.2) is 32.9 Å². The smallest absolute Gasteiger partial charge is 0.338 e. The summed E-state index contributed by atoms with van der Waals surface area (Å²) in [5.41, 5.74) is 2.21. The molecule has 1 atom stereocenters. The molecule has 0 unspecified atom stereocenters. The minimum Gasteiger partial charge on any atom is -0.383 e. The third-order valence-electron chi connectivity index (χ3n) is 1.80. The highest BCUT2D eigenvalue weighted by molar-refractivity contribution is 5.72. The van der Waals surface area contributed by atoms with Crippen molar-refractivity contribution in [2.24, 2.45) is 0 Å². The molecule has 0 spiro atoms. The lowest BCUT2D eigenvalue weighted by atomic mass is 10.1. The molecule has 2 amide bonds. The molecule has 0 radical (unpaired) electrons. The number of carbonyl (C=O) groups is 1. The van der Waals surface area contributed by atoms with Gasteiger partial charge in [0.1, 0.15) is 0 Å². The summed E-state index contributed by atoms with van der Waals surface area (Å²) in [5.74, 6) is 0. The van der Waals surface area contributed by atoms with Gasteiger partial charge in [-0.15, -0.1) is 0 Å². The second-order valence-electron chi connectivity index (χ2n) is 3.07. The molecule has 84 valence electrons. The van der Waals surface area contributed by atoms with Gasteiger partial charge in [0.15, 0.2) is 0 Å². The highest BCUT2D eigenvalue weighted by atomic mass is 16.6. The van der Waals surface area contributed by atoms with E-state index in [9.17, 15) is 4.79 Å². The SMILES string of the molecule is CCCC[C@H](COC)NC(=O)NOC. The Balaban J connectivity index is 3.75. The van der Waals surface area contributed by atoms with Gasteiger partial charge >= 0.3 is 6.03 Å². The van der Waals surface area contributed by atoms with Gasteiger partial charge in [-0.3, -0.25) is 4.84 Å². The van der Waals surface area contributed by atoms with Crippen LogP contribution in [-0.2, 0) is 9.57 Å². The maximum atomic E-state index is 11.1. The van der Waals surface area contributed by atoms with Gasteiger partial charge in [0.05, 0.1) is 19.8 Å². The Hall–Kier alpha value is -0.810. The molecule has 0 heterocycles. The van der Waals surface area contributed by atoms with Crippen LogP contribution in [0.25, 0.3) is 0 Å². The second kappa shape index (κ2) is 8.77. The maximum Gasteiger partial charge on any atom is 0.338 e. The molecule has 0 aromatic heterocycles. The van der Waals surface area contributed by atoms with E-state index in [1.807, 2.05) is 0 Å². The van der Waals surface area contributed by atoms with E-state index in [0.29, 0.717) is 6.61 Å². The molecule has 0 saturated heterocycles. The second-order valence-corrected chi connectivity index (χ2v) is 3.07. The van der Waals surface area contributed by atoms with E-state index in [1.54, 1.807) is 7.11 Å². The zero-order valence-electron chi connectivity index (χ0n) is 9.13. The van der Waals surface area contributed by atoms with E-state index in [4.69, 9.17) is 4.74 Å². The van der Waals surface area contributed by atoms with Gasteiger partial charge in [-0.25, -0.2) is 10.3 Å². The molecule has 0 rings (SSSR count). The number of urea groups is 1. The zero-order chi connectivity index (χ0) is 10.8. The van der Waals surface area contributed by atoms with Crippen molar-refractivity contribution in [1.29, 1.82) is 0 Å². The number of methoxy groups -OCH3 is 1. The minimum atomic E-state index is -0.328. The van der Waals surface area contributed by atoms with Crippen LogP contribution in [0.15, 0.2) is 0 Å². The number of unbranched alkanes of at least 4 members (excludes halogenated alkanes) is 1. The van der Waals surface area contributed by atoms with Gasteiger partial charge in [-0.1, -0.05) is 19.8 Å². The molecule has 5 nitrogen and oxygen atoms in total. The number of carbonyl (C=O) groups excluding carboxylic acids is 1. The molecule has 0 saturated carbocycles. The van der Waals surface area contributed by atoms with Crippen LogP contribution < -0.4 is 10.8 Å². The average Bonchev–Trinajstić information content (AvgIpc) is 2.15. The molecule has 14 heavy (non-hydrogen) atoms. The first-order chi connectivity index (χ1) is 6.74. The topological polar surface area (TPSA) is 59.6 Å². The number of hydrogen-bond donors (Lipinski definition) is 2. The number of rotatable bonds is 7. The number of amides is 2. The fraction of sp³-hybridized carbons (Fsp3) is 0.889. The predicted molar refractivity (Wildman–Crippen MR) is 53.9 cm³/mol. The van der Waals surface area contributed by atoms with Crippen LogP contribution in [0.5, 0.6) is 0 Å². The van der Waals surface area contributed by atoms with E-state index < -0.39 is 0 Å². The molecule has 0 aliphatic carbocycles. The van der Waals surface area contributed by atoms with Gasteiger partial charge < -0.3 is 10.1 Å². The summed E-state index contributed by atoms with van der Waals surface area (Å²) in [5, 5.41) is 2.75. The lowest BCUT2D eigenvalue weighted by molar-refractivity contribution is 0.100. The highest BCUT2D eigenvalue weighted by Gasteiger charge is 2.10. The summed E-state index contributed by atoms with van der Waals surface area (Å²) in [6, 6.07) is -0.277. The van der Waals surface area contributed by atoms with Crippen LogP contribution in [0.3, 0.4) is 0 Å². The fourth-order valence-corrected chi connectivity index (χ4v) is 1.16. The van der Waals surface area contributed by atoms with Crippen molar-refractivity contribution in [3.05, 3.63) is 0 Å². The van der Waals surface area contributed by atoms with Gasteiger partial charge in [0.25, 0.3) is 0 Å². The third-order valence-corrected chi connectivity index (χ3v) is 1.80. The van der Waals surface area contributed by atoms with Crippen LogP contribution in [0.4, 0.5) is 4.79 Å². The Morgan fingerprint density at radius 3 is 2.64 bits per heavy atom. The molecule has 5 heteroatoms. The summed E-state index contributed by atoms with van der Waals surface area (Å²) >= 11 is 0. The molecule has 0 aliphatic heterocycles. The molecule has 0 bridgehead atoms. The van der Waals surface area contributed by atoms with Crippen molar-refractivity contribution in [3.8, 4) is 0 Å². The molecule has 0 aromatic carbocycles. The van der Waals surface area contributed by atoms with Crippen LogP contribution in [0, 0.1) is 0 Å². The standard InChI is InChI=1S/C9H20N2O3/c1-4-5-6-8(7-13-2)10-9(12)11-14-3/h8H,4-7H2,1-3H3,(H2,10,11,12)/t8-/m1/s1. The van der Waals surface area contributed by atoms with Crippen LogP contribution in [0.1, 0.15) is 26.2 Å². The summed E-state index contributed by atoms with van der Waals surface area (Å²) in [6.07, 6.45) is 3.09. The minimum absolute atomic E-state index is 0.0510. The first kappa shape index (κ1) is 13.2. The summed E-state index contributed by atoms with van der Waals surface area (Å²) in [6.45, 7) is 2.64. The number of ether oxygens (including phenoxy) is 1. The normalized spacial score (nSPS) is 12.2. The number of nitrogens with one attached hydrogen (secondary N) is 2. The first-order valence-electron chi connectivity index (χ1n) is 4.83. The fourth-order valence-electron chi connectivity index (χ4n) is 1.16. The Morgan fingerprint density at radius 1 is 1.43 bits per heavy atom. The number of hydrogen-bond acceptors (Lipinski definition) is 3. The van der Waals surface area contributed by atoms with E-state index in [1.165, 1.54) is 7.11 Å². The monoisotopic (exact) mass is 204 g/mol. The average molecular weight is 204 g/mol. The quantitative estimate of drug-likeness (QED) is 0.609. The van der Waals surface area contributed by atoms with Crippen LogP contribution in [0.2, 0.25) is 0 Å². The Kier molecular flexibility index (Phi) is 8.27. The van der Waals surface area contributed by atoms with Crippen molar-refractivity contribution >= 4 is 6.03 Å². The zero-order valence-corrected chi connectivity index (χ0v) is 9.13. The Bertz CT molecular complexity index is 153. The van der Waals surface area contributed by atoms with Crippen molar-refractivity contribution < 1.29 is 14.4 Å². The summed E-state index contributed by atoms with van der Waals surface area (Å²) < 4.78 is 5.00. The lowest BCUT2D eigenvalue weighted by Crippen LogP contribution is -2.43. The lowest BCUT2D eigenvalue weighted by Gasteiger charge is -2.17. The predicted octanol–water partition coefficient (Wildman–Crippen LogP) is 1.05. The van der Waals surface area contributed by atoms with Gasteiger partial charge in [-0.2, -0.15) is 0 Å². The van der Waals surface area contributed by atoms with E-state index in [2.05, 4.69) is 22.6 Å². The van der Waals surface area contributed by atoms with Gasteiger partial charge in [0.2, 0.25) is 0 Å². The molecule has 2 N–H and O–H groups in total. The Morgan fingerprint density at radius 2 is 2.14 bits per heavy atom. The van der Waals surface area contributed by atoms with Gasteiger partial charge in [0, 0.05) is 7.11 Å². The highest BCUT2D eigenvalue weighted by Crippen LogP contribution is 2.00. The van der Waals surface area contributed by atoms with E-state index >= 15 is 0 Å². The van der Waals surface area contributed by atoms with Gasteiger partial charge in [-0.05, 0) is 6.42 Å². The molecular formula is C9H20N2O3. The van der Waals surface area contributed by atoms with E-state index in [-0.39, 0.29) is 12.1 Å². The Labute approximate surface area is 85.1 Å². The molecule has 0 aliphatic rings. The molecule has 0 fully saturated rings. The summed E-state index contributed by atoms with van der Waals surface area (Å²) in [4.78, 5) is 15.6.